The number of nitrogens with zero attached hydrogens (tertiary/aromatic N) is 1. The lowest BCUT2D eigenvalue weighted by atomic mass is 10.2. The van der Waals surface area contributed by atoms with E-state index in [0.717, 1.165) is 18.4 Å². The molecule has 0 aliphatic carbocycles. The van der Waals surface area contributed by atoms with Crippen molar-refractivity contribution in [1.29, 1.82) is 0 Å². The smallest absolute Gasteiger partial charge is 0.244 e. The molecule has 108 valence electrons. The molecule has 1 aromatic carbocycles. The Bertz CT molecular complexity index is 527. The van der Waals surface area contributed by atoms with Crippen molar-refractivity contribution in [3.8, 4) is 0 Å². The molecule has 2 N–H and O–H groups in total. The number of rotatable bonds is 6. The summed E-state index contributed by atoms with van der Waals surface area (Å²) in [5, 5.41) is 0. The minimum atomic E-state index is -3.47. The van der Waals surface area contributed by atoms with Gasteiger partial charge in [0.2, 0.25) is 10.0 Å². The van der Waals surface area contributed by atoms with Gasteiger partial charge in [-0.3, -0.25) is 0 Å². The monoisotopic (exact) mass is 348 g/mol. The van der Waals surface area contributed by atoms with Gasteiger partial charge in [0.05, 0.1) is 4.90 Å². The quantitative estimate of drug-likeness (QED) is 0.859. The number of nitrogens with two attached hydrogens (primary N) is 1. The molecule has 1 aromatic rings. The lowest BCUT2D eigenvalue weighted by molar-refractivity contribution is 0.349. The number of benzene rings is 1. The summed E-state index contributed by atoms with van der Waals surface area (Å²) in [7, 11) is -1.84. The predicted molar refractivity (Wildman–Crippen MR) is 81.4 cm³/mol. The molecule has 0 amide bonds. The highest BCUT2D eigenvalue weighted by atomic mass is 79.9. The van der Waals surface area contributed by atoms with Gasteiger partial charge in [-0.2, -0.15) is 4.31 Å². The molecule has 6 heteroatoms. The van der Waals surface area contributed by atoms with Crippen molar-refractivity contribution in [1.82, 2.24) is 4.31 Å². The Morgan fingerprint density at radius 2 is 1.89 bits per heavy atom. The van der Waals surface area contributed by atoms with E-state index in [0.29, 0.717) is 15.9 Å². The van der Waals surface area contributed by atoms with Crippen LogP contribution in [0, 0.1) is 0 Å². The first-order valence-electron chi connectivity index (χ1n) is 6.34. The van der Waals surface area contributed by atoms with Crippen molar-refractivity contribution in [2.45, 2.75) is 44.2 Å². The molecule has 1 rings (SSSR count). The molecule has 4 nitrogen and oxygen atoms in total. The average Bonchev–Trinajstić information content (AvgIpc) is 2.39. The second-order valence-electron chi connectivity index (χ2n) is 4.46. The van der Waals surface area contributed by atoms with Crippen molar-refractivity contribution in [3.63, 3.8) is 0 Å². The fraction of sp³-hybridized carbons (Fsp3) is 0.538. The molecule has 0 spiro atoms. The minimum Gasteiger partial charge on any atom is -0.326 e. The molecule has 19 heavy (non-hydrogen) atoms. The minimum absolute atomic E-state index is 0.0195. The summed E-state index contributed by atoms with van der Waals surface area (Å²) in [6.45, 7) is 4.38. The highest BCUT2D eigenvalue weighted by Crippen LogP contribution is 2.27. The maximum atomic E-state index is 12.6. The Labute approximate surface area is 124 Å². The summed E-state index contributed by atoms with van der Waals surface area (Å²) in [4.78, 5) is 0.291. The second kappa shape index (κ2) is 6.83. The van der Waals surface area contributed by atoms with Crippen LogP contribution in [0.15, 0.2) is 27.6 Å². The first-order chi connectivity index (χ1) is 8.88. The molecule has 0 radical (unpaired) electrons. The Morgan fingerprint density at radius 1 is 1.32 bits per heavy atom. The standard InChI is InChI=1S/C13H21BrN2O2S/c1-4-11(5-2)16(3)19(17,18)13-7-6-10(9-15)8-12(13)14/h6-8,11H,4-5,9,15H2,1-3H3. The Morgan fingerprint density at radius 3 is 2.32 bits per heavy atom. The van der Waals surface area contributed by atoms with E-state index in [1.54, 1.807) is 25.2 Å². The Hall–Kier alpha value is -0.430. The van der Waals surface area contributed by atoms with E-state index in [4.69, 9.17) is 5.73 Å². The van der Waals surface area contributed by atoms with E-state index in [2.05, 4.69) is 15.9 Å². The molecule has 0 saturated carbocycles. The lowest BCUT2D eigenvalue weighted by Gasteiger charge is -2.26. The summed E-state index contributed by atoms with van der Waals surface area (Å²) in [5.41, 5.74) is 6.45. The number of sulfonamides is 1. The first-order valence-corrected chi connectivity index (χ1v) is 8.58. The van der Waals surface area contributed by atoms with Crippen LogP contribution in [-0.4, -0.2) is 25.8 Å². The van der Waals surface area contributed by atoms with Gasteiger partial charge in [-0.15, -0.1) is 0 Å². The van der Waals surface area contributed by atoms with Crippen molar-refractivity contribution in [3.05, 3.63) is 28.2 Å². The fourth-order valence-electron chi connectivity index (χ4n) is 2.03. The van der Waals surface area contributed by atoms with Gasteiger partial charge in [-0.25, -0.2) is 8.42 Å². The molecular formula is C13H21BrN2O2S. The van der Waals surface area contributed by atoms with Crippen LogP contribution in [0.4, 0.5) is 0 Å². The van der Waals surface area contributed by atoms with Gasteiger partial charge < -0.3 is 5.73 Å². The van der Waals surface area contributed by atoms with E-state index in [-0.39, 0.29) is 6.04 Å². The summed E-state index contributed by atoms with van der Waals surface area (Å²) in [5.74, 6) is 0. The molecule has 0 unspecified atom stereocenters. The number of hydrogen-bond acceptors (Lipinski definition) is 3. The van der Waals surface area contributed by atoms with E-state index >= 15 is 0 Å². The van der Waals surface area contributed by atoms with Crippen LogP contribution in [-0.2, 0) is 16.6 Å². The maximum absolute atomic E-state index is 12.6. The summed E-state index contributed by atoms with van der Waals surface area (Å²) < 4.78 is 27.2. The van der Waals surface area contributed by atoms with Crippen LogP contribution in [0.3, 0.4) is 0 Å². The fourth-order valence-corrected chi connectivity index (χ4v) is 4.62. The van der Waals surface area contributed by atoms with Crippen molar-refractivity contribution < 1.29 is 8.42 Å². The van der Waals surface area contributed by atoms with Crippen LogP contribution < -0.4 is 5.73 Å². The molecule has 0 aliphatic rings. The SMILES string of the molecule is CCC(CC)N(C)S(=O)(=O)c1ccc(CN)cc1Br. The van der Waals surface area contributed by atoms with Crippen LogP contribution in [0.1, 0.15) is 32.3 Å². The predicted octanol–water partition coefficient (Wildman–Crippen LogP) is 2.72. The zero-order valence-corrected chi connectivity index (χ0v) is 14.0. The lowest BCUT2D eigenvalue weighted by Crippen LogP contribution is -2.36. The zero-order valence-electron chi connectivity index (χ0n) is 11.6. The van der Waals surface area contributed by atoms with Crippen LogP contribution >= 0.6 is 15.9 Å². The normalized spacial score (nSPS) is 12.4. The van der Waals surface area contributed by atoms with Crippen molar-refractivity contribution >= 4 is 26.0 Å². The number of halogens is 1. The van der Waals surface area contributed by atoms with Crippen molar-refractivity contribution in [2.75, 3.05) is 7.05 Å². The molecule has 0 aliphatic heterocycles. The van der Waals surface area contributed by atoms with Gasteiger partial charge in [0.1, 0.15) is 0 Å². The zero-order chi connectivity index (χ0) is 14.6. The molecule has 0 heterocycles. The molecule has 0 fully saturated rings. The van der Waals surface area contributed by atoms with Gasteiger partial charge in [0.25, 0.3) is 0 Å². The van der Waals surface area contributed by atoms with E-state index in [1.165, 1.54) is 4.31 Å². The van der Waals surface area contributed by atoms with Gasteiger partial charge in [-0.05, 0) is 46.5 Å². The van der Waals surface area contributed by atoms with Crippen LogP contribution in [0.5, 0.6) is 0 Å². The third-order valence-electron chi connectivity index (χ3n) is 3.35. The third kappa shape index (κ3) is 3.56. The van der Waals surface area contributed by atoms with Crippen molar-refractivity contribution in [2.24, 2.45) is 5.73 Å². The molecular weight excluding hydrogens is 328 g/mol. The van der Waals surface area contributed by atoms with Gasteiger partial charge in [-0.1, -0.05) is 19.9 Å². The molecule has 0 bridgehead atoms. The first kappa shape index (κ1) is 16.6. The maximum Gasteiger partial charge on any atom is 0.244 e. The average molecular weight is 349 g/mol. The van der Waals surface area contributed by atoms with Crippen LogP contribution in [0.2, 0.25) is 0 Å². The highest BCUT2D eigenvalue weighted by molar-refractivity contribution is 9.10. The Kier molecular flexibility index (Phi) is 5.98. The van der Waals surface area contributed by atoms with E-state index < -0.39 is 10.0 Å². The number of hydrogen-bond donors (Lipinski definition) is 1. The van der Waals surface area contributed by atoms with Gasteiger partial charge in [0, 0.05) is 24.1 Å². The summed E-state index contributed by atoms with van der Waals surface area (Å²) >= 11 is 3.32. The second-order valence-corrected chi connectivity index (χ2v) is 7.28. The van der Waals surface area contributed by atoms with Gasteiger partial charge >= 0.3 is 0 Å². The summed E-state index contributed by atoms with van der Waals surface area (Å²) in [6.07, 6.45) is 1.59. The Balaban J connectivity index is 3.20. The van der Waals surface area contributed by atoms with E-state index in [1.807, 2.05) is 13.8 Å². The highest BCUT2D eigenvalue weighted by Gasteiger charge is 2.27. The van der Waals surface area contributed by atoms with E-state index in [9.17, 15) is 8.42 Å². The molecule has 0 atom stereocenters. The molecule has 0 aromatic heterocycles. The third-order valence-corrected chi connectivity index (χ3v) is 6.23. The van der Waals surface area contributed by atoms with Crippen LogP contribution in [0.25, 0.3) is 0 Å². The largest absolute Gasteiger partial charge is 0.326 e. The molecule has 0 saturated heterocycles. The topological polar surface area (TPSA) is 63.4 Å². The summed E-state index contributed by atoms with van der Waals surface area (Å²) in [6, 6.07) is 5.14. The van der Waals surface area contributed by atoms with Gasteiger partial charge in [0.15, 0.2) is 0 Å².